The topological polar surface area (TPSA) is 158 Å². The number of pyridine rings is 1. The monoisotopic (exact) mass is 427 g/mol. The summed E-state index contributed by atoms with van der Waals surface area (Å²) in [5.41, 5.74) is 5.18. The fourth-order valence-corrected chi connectivity index (χ4v) is 3.35. The van der Waals surface area contributed by atoms with Gasteiger partial charge < -0.3 is 20.7 Å². The predicted octanol–water partition coefficient (Wildman–Crippen LogP) is 1.73. The smallest absolute Gasteiger partial charge is 0.338 e. The van der Waals surface area contributed by atoms with Crippen LogP contribution in [0.15, 0.2) is 36.5 Å². The molecule has 11 heteroatoms. The van der Waals surface area contributed by atoms with E-state index in [9.17, 15) is 24.5 Å². The third-order valence-corrected chi connectivity index (χ3v) is 4.97. The van der Waals surface area contributed by atoms with E-state index in [1.165, 1.54) is 12.3 Å². The summed E-state index contributed by atoms with van der Waals surface area (Å²) >= 11 is 0. The number of esters is 1. The molecule has 11 nitrogen and oxygen atoms in total. The van der Waals surface area contributed by atoms with E-state index in [-0.39, 0.29) is 23.0 Å². The van der Waals surface area contributed by atoms with Gasteiger partial charge >= 0.3 is 5.97 Å². The number of hydrogen-bond acceptors (Lipinski definition) is 8. The van der Waals surface area contributed by atoms with Crippen molar-refractivity contribution in [3.63, 3.8) is 0 Å². The standard InChI is InChI=1S/C20H21N5O6/c1-31-20(28)14-7-13(8-16(9-14)25(29)30)19(27)23-15-4-5-17(22-10-15)24-6-2-3-12(11-24)18(21)26/h4-5,7-10,12H,2-3,6,11H2,1H3,(H2,21,26)(H,23,27). The van der Waals surface area contributed by atoms with Gasteiger partial charge in [0.1, 0.15) is 5.82 Å². The molecule has 31 heavy (non-hydrogen) atoms. The van der Waals surface area contributed by atoms with E-state index in [2.05, 4.69) is 15.0 Å². The van der Waals surface area contributed by atoms with Crippen molar-refractivity contribution < 1.29 is 24.0 Å². The molecule has 0 spiro atoms. The van der Waals surface area contributed by atoms with Crippen molar-refractivity contribution in [2.75, 3.05) is 30.4 Å². The number of anilines is 2. The van der Waals surface area contributed by atoms with E-state index in [0.717, 1.165) is 38.6 Å². The highest BCUT2D eigenvalue weighted by atomic mass is 16.6. The van der Waals surface area contributed by atoms with Crippen LogP contribution in [0.5, 0.6) is 0 Å². The zero-order valence-electron chi connectivity index (χ0n) is 16.7. The number of non-ortho nitro benzene ring substituents is 1. The maximum atomic E-state index is 12.6. The highest BCUT2D eigenvalue weighted by molar-refractivity contribution is 6.06. The number of benzene rings is 1. The molecule has 3 rings (SSSR count). The fourth-order valence-electron chi connectivity index (χ4n) is 3.35. The van der Waals surface area contributed by atoms with Gasteiger partial charge in [-0.1, -0.05) is 0 Å². The number of ether oxygens (including phenoxy) is 1. The Kier molecular flexibility index (Phi) is 6.43. The largest absolute Gasteiger partial charge is 0.465 e. The summed E-state index contributed by atoms with van der Waals surface area (Å²) < 4.78 is 4.58. The van der Waals surface area contributed by atoms with Gasteiger partial charge in [0.05, 0.1) is 35.4 Å². The van der Waals surface area contributed by atoms with Crippen LogP contribution in [0.3, 0.4) is 0 Å². The molecule has 0 bridgehead atoms. The summed E-state index contributed by atoms with van der Waals surface area (Å²) in [6.45, 7) is 1.23. The molecular formula is C20H21N5O6. The first-order chi connectivity index (χ1) is 14.8. The summed E-state index contributed by atoms with van der Waals surface area (Å²) in [4.78, 5) is 52.5. The number of hydrogen-bond donors (Lipinski definition) is 2. The number of piperidine rings is 1. The molecule has 0 saturated carbocycles. The van der Waals surface area contributed by atoms with Crippen molar-refractivity contribution >= 4 is 35.0 Å². The van der Waals surface area contributed by atoms with Crippen LogP contribution in [0.2, 0.25) is 0 Å². The Balaban J connectivity index is 1.75. The molecule has 3 N–H and O–H groups in total. The Hall–Kier alpha value is -4.02. The maximum Gasteiger partial charge on any atom is 0.338 e. The van der Waals surface area contributed by atoms with Crippen molar-refractivity contribution in [2.24, 2.45) is 11.7 Å². The number of nitro benzene ring substituents is 1. The molecule has 2 heterocycles. The lowest BCUT2D eigenvalue weighted by atomic mass is 9.97. The first kappa shape index (κ1) is 21.7. The SMILES string of the molecule is COC(=O)c1cc(C(=O)Nc2ccc(N3CCCC(C(N)=O)C3)nc2)cc([N+](=O)[O-])c1. The highest BCUT2D eigenvalue weighted by Crippen LogP contribution is 2.23. The lowest BCUT2D eigenvalue weighted by Gasteiger charge is -2.32. The van der Waals surface area contributed by atoms with Crippen LogP contribution >= 0.6 is 0 Å². The van der Waals surface area contributed by atoms with Gasteiger partial charge in [0, 0.05) is 30.8 Å². The van der Waals surface area contributed by atoms with Crippen LogP contribution < -0.4 is 16.0 Å². The Labute approximate surface area is 177 Å². The molecule has 1 fully saturated rings. The second-order valence-corrected chi connectivity index (χ2v) is 7.06. The summed E-state index contributed by atoms with van der Waals surface area (Å²) in [6.07, 6.45) is 3.01. The molecule has 1 aliphatic heterocycles. The lowest BCUT2D eigenvalue weighted by molar-refractivity contribution is -0.384. The summed E-state index contributed by atoms with van der Waals surface area (Å²) in [5.74, 6) is -1.35. The number of methoxy groups -OCH3 is 1. The van der Waals surface area contributed by atoms with Crippen LogP contribution in [0, 0.1) is 16.0 Å². The van der Waals surface area contributed by atoms with Crippen LogP contribution in [-0.4, -0.2) is 47.9 Å². The van der Waals surface area contributed by atoms with Gasteiger partial charge in [-0.05, 0) is 31.0 Å². The molecule has 0 radical (unpaired) electrons. The summed E-state index contributed by atoms with van der Waals surface area (Å²) in [7, 11) is 1.14. The molecule has 162 valence electrons. The van der Waals surface area contributed by atoms with E-state index < -0.39 is 22.5 Å². The molecule has 2 amide bonds. The Morgan fingerprint density at radius 3 is 2.61 bits per heavy atom. The van der Waals surface area contributed by atoms with Crippen LogP contribution in [0.1, 0.15) is 33.6 Å². The Morgan fingerprint density at radius 2 is 2.00 bits per heavy atom. The van der Waals surface area contributed by atoms with Gasteiger partial charge in [-0.15, -0.1) is 0 Å². The number of carbonyl (C=O) groups is 3. The average Bonchev–Trinajstić information content (AvgIpc) is 2.78. The van der Waals surface area contributed by atoms with Crippen molar-refractivity contribution in [1.82, 2.24) is 4.98 Å². The maximum absolute atomic E-state index is 12.6. The number of nitrogens with zero attached hydrogens (tertiary/aromatic N) is 3. The molecule has 0 aliphatic carbocycles. The quantitative estimate of drug-likeness (QED) is 0.401. The van der Waals surface area contributed by atoms with E-state index in [4.69, 9.17) is 5.73 Å². The van der Waals surface area contributed by atoms with Crippen LogP contribution in [-0.2, 0) is 9.53 Å². The molecule has 1 saturated heterocycles. The molecule has 1 unspecified atom stereocenters. The van der Waals surface area contributed by atoms with E-state index >= 15 is 0 Å². The number of nitrogens with one attached hydrogen (secondary N) is 1. The van der Waals surface area contributed by atoms with Gasteiger partial charge in [-0.2, -0.15) is 0 Å². The molecule has 1 aromatic carbocycles. The van der Waals surface area contributed by atoms with Gasteiger partial charge in [0.25, 0.3) is 11.6 Å². The predicted molar refractivity (Wildman–Crippen MR) is 111 cm³/mol. The van der Waals surface area contributed by atoms with Gasteiger partial charge in [-0.25, -0.2) is 9.78 Å². The summed E-state index contributed by atoms with van der Waals surface area (Å²) in [6, 6.07) is 6.66. The van der Waals surface area contributed by atoms with Crippen molar-refractivity contribution in [2.45, 2.75) is 12.8 Å². The molecular weight excluding hydrogens is 406 g/mol. The van der Waals surface area contributed by atoms with Crippen molar-refractivity contribution in [3.8, 4) is 0 Å². The number of aromatic nitrogens is 1. The number of carbonyl (C=O) groups excluding carboxylic acids is 3. The fraction of sp³-hybridized carbons (Fsp3) is 0.300. The second-order valence-electron chi connectivity index (χ2n) is 7.06. The lowest BCUT2D eigenvalue weighted by Crippen LogP contribution is -2.41. The number of nitrogens with two attached hydrogens (primary N) is 1. The Morgan fingerprint density at radius 1 is 1.26 bits per heavy atom. The van der Waals surface area contributed by atoms with E-state index in [1.54, 1.807) is 12.1 Å². The van der Waals surface area contributed by atoms with E-state index in [0.29, 0.717) is 18.1 Å². The number of amides is 2. The third kappa shape index (κ3) is 5.13. The normalized spacial score (nSPS) is 15.8. The molecule has 1 aromatic heterocycles. The zero-order chi connectivity index (χ0) is 22.5. The Bertz CT molecular complexity index is 1020. The van der Waals surface area contributed by atoms with E-state index in [1.807, 2.05) is 4.90 Å². The molecule has 2 aromatic rings. The minimum Gasteiger partial charge on any atom is -0.465 e. The highest BCUT2D eigenvalue weighted by Gasteiger charge is 2.25. The van der Waals surface area contributed by atoms with Gasteiger partial charge in [0.2, 0.25) is 5.91 Å². The zero-order valence-corrected chi connectivity index (χ0v) is 16.7. The second kappa shape index (κ2) is 9.20. The first-order valence-electron chi connectivity index (χ1n) is 9.48. The molecule has 1 aliphatic rings. The first-order valence-corrected chi connectivity index (χ1v) is 9.48. The summed E-state index contributed by atoms with van der Waals surface area (Å²) in [5, 5.41) is 13.7. The van der Waals surface area contributed by atoms with Gasteiger partial charge in [0.15, 0.2) is 0 Å². The molecule has 1 atom stereocenters. The number of nitro groups is 1. The minimum absolute atomic E-state index is 0.0704. The van der Waals surface area contributed by atoms with Crippen molar-refractivity contribution in [1.29, 1.82) is 0 Å². The van der Waals surface area contributed by atoms with Crippen LogP contribution in [0.4, 0.5) is 17.2 Å². The van der Waals surface area contributed by atoms with Crippen molar-refractivity contribution in [3.05, 3.63) is 57.8 Å². The third-order valence-electron chi connectivity index (χ3n) is 4.97. The minimum atomic E-state index is -0.792. The van der Waals surface area contributed by atoms with Gasteiger partial charge in [-0.3, -0.25) is 19.7 Å². The average molecular weight is 427 g/mol. The number of primary amides is 1. The number of rotatable bonds is 6. The van der Waals surface area contributed by atoms with Crippen LogP contribution in [0.25, 0.3) is 0 Å².